The van der Waals surface area contributed by atoms with E-state index in [1.165, 1.54) is 17.7 Å². The van der Waals surface area contributed by atoms with E-state index in [1.54, 1.807) is 0 Å². The third-order valence-electron chi connectivity index (χ3n) is 2.09. The van der Waals surface area contributed by atoms with Gasteiger partial charge in [0, 0.05) is 12.3 Å². The van der Waals surface area contributed by atoms with Gasteiger partial charge in [-0.15, -0.1) is 0 Å². The third-order valence-corrected chi connectivity index (χ3v) is 2.09. The lowest BCUT2D eigenvalue weighted by Gasteiger charge is -2.13. The van der Waals surface area contributed by atoms with E-state index >= 15 is 0 Å². The normalized spacial score (nSPS) is 11.9. The summed E-state index contributed by atoms with van der Waals surface area (Å²) in [6, 6.07) is 0.294. The molecule has 0 saturated heterocycles. The van der Waals surface area contributed by atoms with Crippen molar-refractivity contribution in [2.45, 2.75) is 13.0 Å². The van der Waals surface area contributed by atoms with Gasteiger partial charge in [-0.05, 0) is 6.92 Å². The number of nitrogens with one attached hydrogen (secondary N) is 1. The summed E-state index contributed by atoms with van der Waals surface area (Å²) < 4.78 is 1.24. The number of nitro groups is 1. The van der Waals surface area contributed by atoms with Gasteiger partial charge in [0.1, 0.15) is 6.04 Å². The highest BCUT2D eigenvalue weighted by atomic mass is 16.6. The summed E-state index contributed by atoms with van der Waals surface area (Å²) in [5, 5.41) is 10.5. The molecule has 1 heterocycles. The van der Waals surface area contributed by atoms with Crippen LogP contribution in [0.4, 0.5) is 5.69 Å². The lowest BCUT2D eigenvalue weighted by molar-refractivity contribution is -0.386. The molecule has 8 nitrogen and oxygen atoms in total. The molecule has 0 bridgehead atoms. The Morgan fingerprint density at radius 1 is 1.69 bits per heavy atom. The van der Waals surface area contributed by atoms with Crippen LogP contribution in [-0.2, 0) is 4.79 Å². The van der Waals surface area contributed by atoms with Crippen LogP contribution in [-0.4, -0.2) is 15.4 Å². The number of nitrogens with two attached hydrogens (primary N) is 1. The van der Waals surface area contributed by atoms with Crippen LogP contribution in [0, 0.1) is 10.1 Å². The minimum atomic E-state index is -0.800. The second kappa shape index (κ2) is 4.53. The molecule has 0 aromatic carbocycles. The fraction of sp³-hybridized carbons (Fsp3) is 0.250. The first-order valence-electron chi connectivity index (χ1n) is 4.34. The first-order chi connectivity index (χ1) is 7.47. The molecule has 0 fully saturated rings. The van der Waals surface area contributed by atoms with E-state index in [0.29, 0.717) is 0 Å². The number of nitrogens with zero attached hydrogens (tertiary/aromatic N) is 2. The van der Waals surface area contributed by atoms with Crippen molar-refractivity contribution in [3.05, 3.63) is 38.8 Å². The number of amides is 1. The highest BCUT2D eigenvalue weighted by Gasteiger charge is 2.17. The second-order valence-electron chi connectivity index (χ2n) is 3.08. The van der Waals surface area contributed by atoms with Crippen LogP contribution in [0.5, 0.6) is 0 Å². The predicted octanol–water partition coefficient (Wildman–Crippen LogP) is -0.693. The van der Waals surface area contributed by atoms with Crippen molar-refractivity contribution < 1.29 is 9.72 Å². The zero-order chi connectivity index (χ0) is 12.3. The van der Waals surface area contributed by atoms with Crippen molar-refractivity contribution in [3.8, 4) is 0 Å². The highest BCUT2D eigenvalue weighted by Crippen LogP contribution is 2.09. The van der Waals surface area contributed by atoms with E-state index in [2.05, 4.69) is 0 Å². The van der Waals surface area contributed by atoms with Gasteiger partial charge in [-0.2, -0.15) is 0 Å². The monoisotopic (exact) mass is 226 g/mol. The Bertz CT molecular complexity index is 481. The van der Waals surface area contributed by atoms with Gasteiger partial charge < -0.3 is 4.57 Å². The van der Waals surface area contributed by atoms with Gasteiger partial charge in [-0.3, -0.25) is 25.1 Å². The molecule has 0 aliphatic heterocycles. The maximum atomic E-state index is 11.2. The predicted molar refractivity (Wildman–Crippen MR) is 54.4 cm³/mol. The Labute approximate surface area is 89.8 Å². The van der Waals surface area contributed by atoms with Crippen molar-refractivity contribution >= 4 is 11.6 Å². The number of hydrogen-bond acceptors (Lipinski definition) is 5. The SMILES string of the molecule is CC(C(=O)NN)n1ccc(=O)c([N+](=O)[O-])c1. The van der Waals surface area contributed by atoms with Gasteiger partial charge in [-0.25, -0.2) is 5.84 Å². The summed E-state index contributed by atoms with van der Waals surface area (Å²) in [7, 11) is 0. The molecule has 3 N–H and O–H groups in total. The molecule has 0 spiro atoms. The van der Waals surface area contributed by atoms with Crippen LogP contribution in [0.25, 0.3) is 0 Å². The topological polar surface area (TPSA) is 120 Å². The summed E-state index contributed by atoms with van der Waals surface area (Å²) in [5.74, 6) is 4.41. The minimum Gasteiger partial charge on any atom is -0.336 e. The van der Waals surface area contributed by atoms with Crippen LogP contribution < -0.4 is 16.7 Å². The molecule has 1 aromatic rings. The quantitative estimate of drug-likeness (QED) is 0.306. The zero-order valence-electron chi connectivity index (χ0n) is 8.41. The van der Waals surface area contributed by atoms with Crippen molar-refractivity contribution in [1.29, 1.82) is 0 Å². The van der Waals surface area contributed by atoms with Crippen molar-refractivity contribution in [2.24, 2.45) is 5.84 Å². The molecule has 8 heteroatoms. The Balaban J connectivity index is 3.17. The molecule has 1 aromatic heterocycles. The summed E-state index contributed by atoms with van der Waals surface area (Å²) in [4.78, 5) is 32.0. The fourth-order valence-corrected chi connectivity index (χ4v) is 1.12. The summed E-state index contributed by atoms with van der Waals surface area (Å²) >= 11 is 0. The Morgan fingerprint density at radius 3 is 2.81 bits per heavy atom. The molecular formula is C8H10N4O4. The van der Waals surface area contributed by atoms with Gasteiger partial charge in [0.25, 0.3) is 11.3 Å². The molecule has 1 rings (SSSR count). The van der Waals surface area contributed by atoms with E-state index in [1.807, 2.05) is 5.43 Å². The van der Waals surface area contributed by atoms with Gasteiger partial charge >= 0.3 is 5.69 Å². The maximum Gasteiger partial charge on any atom is 0.332 e. The summed E-state index contributed by atoms with van der Waals surface area (Å²) in [6.07, 6.45) is 2.29. The Hall–Kier alpha value is -2.22. The zero-order valence-corrected chi connectivity index (χ0v) is 8.41. The van der Waals surface area contributed by atoms with E-state index in [-0.39, 0.29) is 0 Å². The van der Waals surface area contributed by atoms with E-state index in [4.69, 9.17) is 5.84 Å². The number of pyridine rings is 1. The maximum absolute atomic E-state index is 11.2. The summed E-state index contributed by atoms with van der Waals surface area (Å²) in [5.41, 5.74) is 0.628. The van der Waals surface area contributed by atoms with Crippen molar-refractivity contribution in [2.75, 3.05) is 0 Å². The number of hydrazine groups is 1. The molecule has 0 saturated carbocycles. The molecule has 1 unspecified atom stereocenters. The van der Waals surface area contributed by atoms with Crippen LogP contribution in [0.3, 0.4) is 0 Å². The average Bonchev–Trinajstić information content (AvgIpc) is 2.27. The third kappa shape index (κ3) is 2.23. The summed E-state index contributed by atoms with van der Waals surface area (Å²) in [6.45, 7) is 1.50. The molecule has 1 atom stereocenters. The molecular weight excluding hydrogens is 216 g/mol. The van der Waals surface area contributed by atoms with Crippen molar-refractivity contribution in [3.63, 3.8) is 0 Å². The van der Waals surface area contributed by atoms with Crippen LogP contribution >= 0.6 is 0 Å². The van der Waals surface area contributed by atoms with Gasteiger partial charge in [0.15, 0.2) is 0 Å². The van der Waals surface area contributed by atoms with E-state index in [9.17, 15) is 19.7 Å². The lowest BCUT2D eigenvalue weighted by Crippen LogP contribution is -2.36. The first kappa shape index (κ1) is 11.9. The second-order valence-corrected chi connectivity index (χ2v) is 3.08. The molecule has 0 aliphatic carbocycles. The van der Waals surface area contributed by atoms with Gasteiger partial charge in [0.2, 0.25) is 0 Å². The highest BCUT2D eigenvalue weighted by molar-refractivity contribution is 5.79. The molecule has 0 aliphatic rings. The number of carbonyl (C=O) groups is 1. The average molecular weight is 226 g/mol. The first-order valence-corrected chi connectivity index (χ1v) is 4.34. The van der Waals surface area contributed by atoms with Gasteiger partial charge in [-0.1, -0.05) is 0 Å². The fourth-order valence-electron chi connectivity index (χ4n) is 1.12. The van der Waals surface area contributed by atoms with Crippen molar-refractivity contribution in [1.82, 2.24) is 9.99 Å². The molecule has 1 amide bonds. The van der Waals surface area contributed by atoms with Crippen LogP contribution in [0.1, 0.15) is 13.0 Å². The smallest absolute Gasteiger partial charge is 0.332 e. The number of aromatic nitrogens is 1. The van der Waals surface area contributed by atoms with Crippen LogP contribution in [0.2, 0.25) is 0 Å². The van der Waals surface area contributed by atoms with E-state index in [0.717, 1.165) is 12.3 Å². The largest absolute Gasteiger partial charge is 0.336 e. The molecule has 16 heavy (non-hydrogen) atoms. The Morgan fingerprint density at radius 2 is 2.31 bits per heavy atom. The van der Waals surface area contributed by atoms with Gasteiger partial charge in [0.05, 0.1) is 11.1 Å². The minimum absolute atomic E-state index is 0.516. The number of hydrogen-bond donors (Lipinski definition) is 2. The molecule has 0 radical (unpaired) electrons. The lowest BCUT2D eigenvalue weighted by atomic mass is 10.3. The Kier molecular flexibility index (Phi) is 3.36. The van der Waals surface area contributed by atoms with E-state index < -0.39 is 28.0 Å². The molecule has 86 valence electrons. The number of carbonyl (C=O) groups excluding carboxylic acids is 1. The van der Waals surface area contributed by atoms with Crippen LogP contribution in [0.15, 0.2) is 23.3 Å². The number of rotatable bonds is 3. The standard InChI is InChI=1S/C8H10N4O4/c1-5(8(14)10-9)11-3-2-7(13)6(4-11)12(15)16/h2-5H,9H2,1H3,(H,10,14).